The maximum atomic E-state index is 11.7. The number of thiazole rings is 1. The Hall–Kier alpha value is -2.13. The number of benzene rings is 1. The fraction of sp³-hybridized carbons (Fsp3) is 0.167. The Labute approximate surface area is 125 Å². The van der Waals surface area contributed by atoms with Crippen LogP contribution in [0.15, 0.2) is 29.6 Å². The minimum absolute atomic E-state index is 0.177. The minimum atomic E-state index is -3.82. The second-order valence-electron chi connectivity index (χ2n) is 4.10. The molecule has 0 unspecified atom stereocenters. The van der Waals surface area contributed by atoms with Gasteiger partial charge in [-0.15, -0.1) is 11.3 Å². The second kappa shape index (κ2) is 6.10. The molecule has 1 aromatic carbocycles. The molecule has 7 nitrogen and oxygen atoms in total. The van der Waals surface area contributed by atoms with E-state index in [0.29, 0.717) is 11.4 Å². The summed E-state index contributed by atoms with van der Waals surface area (Å²) in [5, 5.41) is 1.88. The van der Waals surface area contributed by atoms with Gasteiger partial charge in [-0.05, 0) is 12.1 Å². The molecule has 0 bridgehead atoms. The molecule has 3 N–H and O–H groups in total. The summed E-state index contributed by atoms with van der Waals surface area (Å²) in [6.45, 7) is 0. The number of sulfonamides is 1. The van der Waals surface area contributed by atoms with Crippen LogP contribution >= 0.6 is 11.3 Å². The van der Waals surface area contributed by atoms with Crippen LogP contribution in [0.2, 0.25) is 0 Å². The van der Waals surface area contributed by atoms with E-state index in [-0.39, 0.29) is 5.13 Å². The van der Waals surface area contributed by atoms with Crippen LogP contribution < -0.4 is 10.5 Å². The Bertz CT molecular complexity index is 755. The van der Waals surface area contributed by atoms with Gasteiger partial charge in [-0.3, -0.25) is 9.52 Å². The van der Waals surface area contributed by atoms with E-state index in [1.165, 1.54) is 0 Å². The lowest BCUT2D eigenvalue weighted by Gasteiger charge is -2.03. The fourth-order valence-electron chi connectivity index (χ4n) is 1.53. The van der Waals surface area contributed by atoms with Crippen LogP contribution in [0.1, 0.15) is 0 Å². The zero-order chi connectivity index (χ0) is 15.5. The molecule has 0 amide bonds. The summed E-state index contributed by atoms with van der Waals surface area (Å²) >= 11 is 1.12. The third-order valence-corrected chi connectivity index (χ3v) is 4.47. The van der Waals surface area contributed by atoms with Gasteiger partial charge in [0.05, 0.1) is 12.8 Å². The quantitative estimate of drug-likeness (QED) is 0.632. The maximum Gasteiger partial charge on any atom is 0.322 e. The van der Waals surface area contributed by atoms with Crippen molar-refractivity contribution in [2.45, 2.75) is 0 Å². The Kier molecular flexibility index (Phi) is 4.43. The summed E-state index contributed by atoms with van der Waals surface area (Å²) < 4.78 is 30.0. The van der Waals surface area contributed by atoms with Crippen LogP contribution in [0.5, 0.6) is 0 Å². The van der Waals surface area contributed by atoms with Gasteiger partial charge in [-0.1, -0.05) is 12.1 Å². The van der Waals surface area contributed by atoms with Gasteiger partial charge in [0.15, 0.2) is 10.9 Å². The van der Waals surface area contributed by atoms with E-state index in [0.717, 1.165) is 24.0 Å². The largest absolute Gasteiger partial charge is 0.468 e. The number of rotatable bonds is 5. The number of hydrogen-bond acceptors (Lipinski definition) is 7. The van der Waals surface area contributed by atoms with Crippen LogP contribution in [-0.2, 0) is 19.6 Å². The van der Waals surface area contributed by atoms with E-state index in [4.69, 9.17) is 5.73 Å². The molecular weight excluding hydrogens is 314 g/mol. The number of carbonyl (C=O) groups excluding carboxylic acids is 1. The summed E-state index contributed by atoms with van der Waals surface area (Å²) in [7, 11) is -2.70. The predicted molar refractivity (Wildman–Crippen MR) is 81.4 cm³/mol. The van der Waals surface area contributed by atoms with Crippen LogP contribution in [0.4, 0.5) is 10.8 Å². The van der Waals surface area contributed by atoms with Crippen molar-refractivity contribution in [3.8, 4) is 11.3 Å². The molecule has 0 radical (unpaired) electrons. The topological polar surface area (TPSA) is 111 Å². The number of nitrogens with zero attached hydrogens (tertiary/aromatic N) is 1. The number of esters is 1. The van der Waals surface area contributed by atoms with Crippen LogP contribution in [-0.4, -0.2) is 32.2 Å². The molecule has 0 saturated carbocycles. The van der Waals surface area contributed by atoms with Crippen LogP contribution in [0.25, 0.3) is 11.3 Å². The van der Waals surface area contributed by atoms with E-state index < -0.39 is 21.7 Å². The van der Waals surface area contributed by atoms with Crippen LogP contribution in [0.3, 0.4) is 0 Å². The zero-order valence-electron chi connectivity index (χ0n) is 11.1. The Morgan fingerprint density at radius 3 is 2.90 bits per heavy atom. The predicted octanol–water partition coefficient (Wildman–Crippen LogP) is 1.31. The molecule has 1 heterocycles. The van der Waals surface area contributed by atoms with E-state index in [2.05, 4.69) is 14.4 Å². The Balaban J connectivity index is 2.15. The molecule has 112 valence electrons. The molecule has 0 saturated heterocycles. The lowest BCUT2D eigenvalue weighted by molar-refractivity contribution is -0.137. The highest BCUT2D eigenvalue weighted by Gasteiger charge is 2.18. The minimum Gasteiger partial charge on any atom is -0.468 e. The molecule has 9 heteroatoms. The van der Waals surface area contributed by atoms with Gasteiger partial charge in [0.1, 0.15) is 0 Å². The first-order valence-corrected chi connectivity index (χ1v) is 8.31. The molecule has 21 heavy (non-hydrogen) atoms. The molecule has 0 atom stereocenters. The van der Waals surface area contributed by atoms with Gasteiger partial charge >= 0.3 is 5.97 Å². The first-order valence-electron chi connectivity index (χ1n) is 5.78. The van der Waals surface area contributed by atoms with E-state index in [1.54, 1.807) is 23.6 Å². The van der Waals surface area contributed by atoms with Crippen molar-refractivity contribution in [2.24, 2.45) is 0 Å². The van der Waals surface area contributed by atoms with Crippen LogP contribution in [0, 0.1) is 0 Å². The van der Waals surface area contributed by atoms with Crippen molar-refractivity contribution in [1.82, 2.24) is 4.98 Å². The van der Waals surface area contributed by atoms with Gasteiger partial charge in [-0.25, -0.2) is 13.4 Å². The average molecular weight is 327 g/mol. The summed E-state index contributed by atoms with van der Waals surface area (Å²) in [4.78, 5) is 15.2. The summed E-state index contributed by atoms with van der Waals surface area (Å²) in [6, 6.07) is 7.08. The molecule has 2 rings (SSSR count). The molecule has 0 aliphatic heterocycles. The van der Waals surface area contributed by atoms with Gasteiger partial charge in [0, 0.05) is 16.6 Å². The number of nitrogen functional groups attached to an aromatic ring is 1. The van der Waals surface area contributed by atoms with E-state index in [1.807, 2.05) is 6.07 Å². The normalized spacial score (nSPS) is 11.1. The van der Waals surface area contributed by atoms with Crippen molar-refractivity contribution in [1.29, 1.82) is 0 Å². The molecular formula is C12H13N3O4S2. The average Bonchev–Trinajstić information content (AvgIpc) is 2.85. The highest BCUT2D eigenvalue weighted by atomic mass is 32.2. The van der Waals surface area contributed by atoms with Crippen molar-refractivity contribution < 1.29 is 17.9 Å². The smallest absolute Gasteiger partial charge is 0.322 e. The SMILES string of the molecule is COC(=O)CS(=O)(=O)Nc1nc(-c2cccc(N)c2)cs1. The third kappa shape index (κ3) is 4.17. The number of aromatic nitrogens is 1. The molecule has 1 aromatic heterocycles. The lowest BCUT2D eigenvalue weighted by Crippen LogP contribution is -2.23. The summed E-state index contributed by atoms with van der Waals surface area (Å²) in [6.07, 6.45) is 0. The molecule has 2 aromatic rings. The Morgan fingerprint density at radius 1 is 1.48 bits per heavy atom. The Morgan fingerprint density at radius 2 is 2.24 bits per heavy atom. The fourth-order valence-corrected chi connectivity index (χ4v) is 3.48. The summed E-state index contributed by atoms with van der Waals surface area (Å²) in [5.74, 6) is -1.59. The molecule has 0 spiro atoms. The van der Waals surface area contributed by atoms with Crippen molar-refractivity contribution in [3.05, 3.63) is 29.6 Å². The van der Waals surface area contributed by atoms with Gasteiger partial charge in [0.2, 0.25) is 10.0 Å². The standard InChI is InChI=1S/C12H13N3O4S2/c1-19-11(16)7-21(17,18)15-12-14-10(6-20-12)8-3-2-4-9(13)5-8/h2-6H,7,13H2,1H3,(H,14,15). The van der Waals surface area contributed by atoms with Crippen molar-refractivity contribution in [2.75, 3.05) is 23.3 Å². The second-order valence-corrected chi connectivity index (χ2v) is 6.68. The number of nitrogens with two attached hydrogens (primary N) is 1. The van der Waals surface area contributed by atoms with E-state index in [9.17, 15) is 13.2 Å². The van der Waals surface area contributed by atoms with Gasteiger partial charge in [0.25, 0.3) is 0 Å². The first kappa shape index (κ1) is 15.3. The first-order chi connectivity index (χ1) is 9.89. The highest BCUT2D eigenvalue weighted by molar-refractivity contribution is 7.93. The highest BCUT2D eigenvalue weighted by Crippen LogP contribution is 2.26. The monoisotopic (exact) mass is 327 g/mol. The number of ether oxygens (including phenoxy) is 1. The van der Waals surface area contributed by atoms with Gasteiger partial charge < -0.3 is 10.5 Å². The van der Waals surface area contributed by atoms with Crippen molar-refractivity contribution in [3.63, 3.8) is 0 Å². The molecule has 0 aliphatic carbocycles. The number of anilines is 2. The zero-order valence-corrected chi connectivity index (χ0v) is 12.7. The lowest BCUT2D eigenvalue weighted by atomic mass is 10.1. The third-order valence-electron chi connectivity index (χ3n) is 2.46. The number of hydrogen-bond donors (Lipinski definition) is 2. The number of carbonyl (C=O) groups is 1. The molecule has 0 aliphatic rings. The number of methoxy groups -OCH3 is 1. The van der Waals surface area contributed by atoms with Crippen molar-refractivity contribution >= 4 is 38.1 Å². The van der Waals surface area contributed by atoms with Gasteiger partial charge in [-0.2, -0.15) is 0 Å². The van der Waals surface area contributed by atoms with E-state index >= 15 is 0 Å². The number of nitrogens with one attached hydrogen (secondary N) is 1. The molecule has 0 fully saturated rings. The maximum absolute atomic E-state index is 11.7. The summed E-state index contributed by atoms with van der Waals surface area (Å²) in [5.41, 5.74) is 7.66.